The van der Waals surface area contributed by atoms with Gasteiger partial charge in [-0.25, -0.2) is 4.79 Å². The highest BCUT2D eigenvalue weighted by Gasteiger charge is 2.36. The predicted octanol–water partition coefficient (Wildman–Crippen LogP) is 2.75. The molecule has 0 bridgehead atoms. The van der Waals surface area contributed by atoms with E-state index in [-0.39, 0.29) is 5.91 Å². The molecule has 0 aromatic heterocycles. The number of likely N-dealkylation sites (tertiary alicyclic amines) is 1. The minimum Gasteiger partial charge on any atom is -0.497 e. The van der Waals surface area contributed by atoms with Gasteiger partial charge in [0.05, 0.1) is 7.11 Å². The summed E-state index contributed by atoms with van der Waals surface area (Å²) in [6.45, 7) is 6.57. The quantitative estimate of drug-likeness (QED) is 0.888. The molecule has 1 aliphatic rings. The van der Waals surface area contributed by atoms with E-state index in [1.807, 2.05) is 45.0 Å². The van der Waals surface area contributed by atoms with Crippen LogP contribution in [-0.2, 0) is 16.0 Å². The van der Waals surface area contributed by atoms with Gasteiger partial charge >= 0.3 is 6.09 Å². The molecule has 25 heavy (non-hydrogen) atoms. The van der Waals surface area contributed by atoms with Crippen molar-refractivity contribution < 1.29 is 19.1 Å². The standard InChI is InChI=1S/C19H28N2O4/c1-19(2,3)25-18(23)21-13-5-6-16(21)17(22)20-12-11-14-7-9-15(24-4)10-8-14/h7-10,16H,5-6,11-13H2,1-4H3,(H,20,22). The lowest BCUT2D eigenvalue weighted by Crippen LogP contribution is -2.47. The van der Waals surface area contributed by atoms with E-state index in [0.29, 0.717) is 19.5 Å². The van der Waals surface area contributed by atoms with Crippen molar-refractivity contribution in [2.45, 2.75) is 51.7 Å². The van der Waals surface area contributed by atoms with Gasteiger partial charge in [-0.05, 0) is 57.7 Å². The summed E-state index contributed by atoms with van der Waals surface area (Å²) in [5.74, 6) is 0.698. The van der Waals surface area contributed by atoms with Crippen molar-refractivity contribution in [1.82, 2.24) is 10.2 Å². The van der Waals surface area contributed by atoms with Crippen molar-refractivity contribution in [1.29, 1.82) is 0 Å². The number of hydrogen-bond donors (Lipinski definition) is 1. The molecule has 1 aromatic rings. The zero-order chi connectivity index (χ0) is 18.4. The Labute approximate surface area is 149 Å². The van der Waals surface area contributed by atoms with Crippen LogP contribution in [0.1, 0.15) is 39.2 Å². The average Bonchev–Trinajstić information content (AvgIpc) is 3.03. The zero-order valence-corrected chi connectivity index (χ0v) is 15.5. The summed E-state index contributed by atoms with van der Waals surface area (Å²) in [5.41, 5.74) is 0.561. The first-order valence-electron chi connectivity index (χ1n) is 8.70. The second-order valence-electron chi connectivity index (χ2n) is 7.22. The van der Waals surface area contributed by atoms with E-state index < -0.39 is 17.7 Å². The van der Waals surface area contributed by atoms with Crippen LogP contribution in [0, 0.1) is 0 Å². The number of amides is 2. The Balaban J connectivity index is 1.83. The first-order valence-corrected chi connectivity index (χ1v) is 8.70. The zero-order valence-electron chi connectivity index (χ0n) is 15.5. The molecule has 1 saturated heterocycles. The number of nitrogens with zero attached hydrogens (tertiary/aromatic N) is 1. The largest absolute Gasteiger partial charge is 0.497 e. The van der Waals surface area contributed by atoms with E-state index in [4.69, 9.17) is 9.47 Å². The lowest BCUT2D eigenvalue weighted by atomic mass is 10.1. The van der Waals surface area contributed by atoms with E-state index >= 15 is 0 Å². The molecule has 0 aliphatic carbocycles. The number of carbonyl (C=O) groups excluding carboxylic acids is 2. The third-order valence-electron chi connectivity index (χ3n) is 4.06. The number of ether oxygens (including phenoxy) is 2. The maximum absolute atomic E-state index is 12.4. The average molecular weight is 348 g/mol. The molecule has 1 heterocycles. The minimum absolute atomic E-state index is 0.114. The summed E-state index contributed by atoms with van der Waals surface area (Å²) < 4.78 is 10.5. The highest BCUT2D eigenvalue weighted by atomic mass is 16.6. The third kappa shape index (κ3) is 5.66. The number of methoxy groups -OCH3 is 1. The molecule has 138 valence electrons. The van der Waals surface area contributed by atoms with Gasteiger partial charge in [-0.2, -0.15) is 0 Å². The lowest BCUT2D eigenvalue weighted by Gasteiger charge is -2.28. The molecule has 1 unspecified atom stereocenters. The fraction of sp³-hybridized carbons (Fsp3) is 0.579. The van der Waals surface area contributed by atoms with Gasteiger partial charge in [-0.15, -0.1) is 0 Å². The first kappa shape index (κ1) is 19.1. The molecule has 1 atom stereocenters. The summed E-state index contributed by atoms with van der Waals surface area (Å²) >= 11 is 0. The van der Waals surface area contributed by atoms with Crippen LogP contribution in [-0.4, -0.2) is 48.7 Å². The summed E-state index contributed by atoms with van der Waals surface area (Å²) in [7, 11) is 1.63. The Bertz CT molecular complexity index is 592. The van der Waals surface area contributed by atoms with Crippen LogP contribution in [0.25, 0.3) is 0 Å². The van der Waals surface area contributed by atoms with Crippen LogP contribution in [0.2, 0.25) is 0 Å². The first-order chi connectivity index (χ1) is 11.8. The highest BCUT2D eigenvalue weighted by molar-refractivity contribution is 5.86. The number of carbonyl (C=O) groups is 2. The Kier molecular flexibility index (Phi) is 6.28. The summed E-state index contributed by atoms with van der Waals surface area (Å²) in [6.07, 6.45) is 1.80. The van der Waals surface area contributed by atoms with Crippen molar-refractivity contribution in [2.75, 3.05) is 20.2 Å². The SMILES string of the molecule is COc1ccc(CCNC(=O)C2CCCN2C(=O)OC(C)(C)C)cc1. The summed E-state index contributed by atoms with van der Waals surface area (Å²) in [4.78, 5) is 26.2. The topological polar surface area (TPSA) is 67.9 Å². The van der Waals surface area contributed by atoms with Gasteiger partial charge in [0.25, 0.3) is 0 Å². The fourth-order valence-electron chi connectivity index (χ4n) is 2.82. The molecule has 0 radical (unpaired) electrons. The molecule has 1 fully saturated rings. The molecule has 0 spiro atoms. The van der Waals surface area contributed by atoms with E-state index in [9.17, 15) is 9.59 Å². The number of benzene rings is 1. The van der Waals surface area contributed by atoms with Crippen LogP contribution in [0.15, 0.2) is 24.3 Å². The van der Waals surface area contributed by atoms with Gasteiger partial charge in [0, 0.05) is 13.1 Å². The van der Waals surface area contributed by atoms with Crippen LogP contribution >= 0.6 is 0 Å². The smallest absolute Gasteiger partial charge is 0.410 e. The molecular formula is C19H28N2O4. The van der Waals surface area contributed by atoms with Crippen LogP contribution in [0.4, 0.5) is 4.79 Å². The Morgan fingerprint density at radius 1 is 1.24 bits per heavy atom. The van der Waals surface area contributed by atoms with Gasteiger partial charge in [0.15, 0.2) is 0 Å². The van der Waals surface area contributed by atoms with Crippen molar-refractivity contribution in [2.24, 2.45) is 0 Å². The van der Waals surface area contributed by atoms with Crippen molar-refractivity contribution >= 4 is 12.0 Å². The predicted molar refractivity (Wildman–Crippen MR) is 95.7 cm³/mol. The maximum Gasteiger partial charge on any atom is 0.410 e. The number of hydrogen-bond acceptors (Lipinski definition) is 4. The second kappa shape index (κ2) is 8.23. The molecule has 2 amide bonds. The molecule has 1 aliphatic heterocycles. The Morgan fingerprint density at radius 2 is 1.92 bits per heavy atom. The Hall–Kier alpha value is -2.24. The normalized spacial score (nSPS) is 17.3. The highest BCUT2D eigenvalue weighted by Crippen LogP contribution is 2.21. The van der Waals surface area contributed by atoms with Crippen molar-refractivity contribution in [3.05, 3.63) is 29.8 Å². The fourth-order valence-corrected chi connectivity index (χ4v) is 2.82. The van der Waals surface area contributed by atoms with Gasteiger partial charge in [0.2, 0.25) is 5.91 Å². The van der Waals surface area contributed by atoms with Crippen molar-refractivity contribution in [3.63, 3.8) is 0 Å². The Morgan fingerprint density at radius 3 is 2.52 bits per heavy atom. The van der Waals surface area contributed by atoms with Crippen LogP contribution in [0.3, 0.4) is 0 Å². The molecular weight excluding hydrogens is 320 g/mol. The van der Waals surface area contributed by atoms with E-state index in [1.54, 1.807) is 7.11 Å². The number of nitrogens with one attached hydrogen (secondary N) is 1. The molecule has 6 nitrogen and oxygen atoms in total. The molecule has 6 heteroatoms. The van der Waals surface area contributed by atoms with Crippen LogP contribution < -0.4 is 10.1 Å². The summed E-state index contributed by atoms with van der Waals surface area (Å²) in [5, 5.41) is 2.93. The molecule has 1 aromatic carbocycles. The molecule has 0 saturated carbocycles. The summed E-state index contributed by atoms with van der Waals surface area (Å²) in [6, 6.07) is 7.32. The van der Waals surface area contributed by atoms with E-state index in [1.165, 1.54) is 4.90 Å². The molecule has 2 rings (SSSR count). The minimum atomic E-state index is -0.560. The van der Waals surface area contributed by atoms with Gasteiger partial charge in [-0.3, -0.25) is 9.69 Å². The van der Waals surface area contributed by atoms with Crippen molar-refractivity contribution in [3.8, 4) is 5.75 Å². The van der Waals surface area contributed by atoms with E-state index in [0.717, 1.165) is 24.2 Å². The van der Waals surface area contributed by atoms with Gasteiger partial charge < -0.3 is 14.8 Å². The third-order valence-corrected chi connectivity index (χ3v) is 4.06. The van der Waals surface area contributed by atoms with Crippen LogP contribution in [0.5, 0.6) is 5.75 Å². The number of rotatable bonds is 5. The maximum atomic E-state index is 12.4. The lowest BCUT2D eigenvalue weighted by molar-refractivity contribution is -0.125. The monoisotopic (exact) mass is 348 g/mol. The second-order valence-corrected chi connectivity index (χ2v) is 7.22. The molecule has 1 N–H and O–H groups in total. The van der Waals surface area contributed by atoms with Gasteiger partial charge in [0.1, 0.15) is 17.4 Å². The van der Waals surface area contributed by atoms with E-state index in [2.05, 4.69) is 5.32 Å². The van der Waals surface area contributed by atoms with Gasteiger partial charge in [-0.1, -0.05) is 12.1 Å².